The van der Waals surface area contributed by atoms with Crippen molar-refractivity contribution in [3.8, 4) is 0 Å². The molecule has 2 aliphatic rings. The van der Waals surface area contributed by atoms with Gasteiger partial charge in [0.05, 0.1) is 16.8 Å². The number of rotatable bonds is 9. The molecule has 2 aromatic rings. The summed E-state index contributed by atoms with van der Waals surface area (Å²) in [6.07, 6.45) is 0.243. The molecule has 3 N–H and O–H groups in total. The maximum absolute atomic E-state index is 13.5. The average Bonchev–Trinajstić information content (AvgIpc) is 3.15. The van der Waals surface area contributed by atoms with Crippen LogP contribution in [0.25, 0.3) is 0 Å². The molecule has 2 heterocycles. The molecule has 0 aliphatic carbocycles. The molecule has 0 bridgehead atoms. The third kappa shape index (κ3) is 5.41. The zero-order valence-corrected chi connectivity index (χ0v) is 20.9. The van der Waals surface area contributed by atoms with E-state index < -0.39 is 41.2 Å². The zero-order valence-electron chi connectivity index (χ0n) is 20.9. The fourth-order valence-corrected chi connectivity index (χ4v) is 4.78. The molecule has 198 valence electrons. The highest BCUT2D eigenvalue weighted by molar-refractivity contribution is 6.26. The molecule has 11 heteroatoms. The number of unbranched alkanes of at least 4 members (excludes halogenated alkanes) is 1. The number of benzene rings is 2. The fraction of sp³-hybridized carbons (Fsp3) is 0.333. The van der Waals surface area contributed by atoms with Gasteiger partial charge in [0.1, 0.15) is 12.1 Å². The lowest BCUT2D eigenvalue weighted by Gasteiger charge is -2.41. The van der Waals surface area contributed by atoms with Crippen LogP contribution in [0, 0.1) is 0 Å². The number of carbonyl (C=O) groups is 6. The van der Waals surface area contributed by atoms with Crippen molar-refractivity contribution >= 4 is 41.3 Å². The Hall–Kier alpha value is -4.54. The average molecular weight is 521 g/mol. The second-order valence-corrected chi connectivity index (χ2v) is 9.21. The SMILES string of the molecule is CC(=O)Nc1cccc2c1C(=O)N(C1(CCCCNC(=O)OCc3ccccc3)CCC(=O)NC1=O)C2=O. The van der Waals surface area contributed by atoms with Crippen LogP contribution in [0.15, 0.2) is 48.5 Å². The number of piperidine rings is 1. The summed E-state index contributed by atoms with van der Waals surface area (Å²) in [4.78, 5) is 76.6. The van der Waals surface area contributed by atoms with E-state index in [9.17, 15) is 28.8 Å². The lowest BCUT2D eigenvalue weighted by Crippen LogP contribution is -2.64. The summed E-state index contributed by atoms with van der Waals surface area (Å²) in [6, 6.07) is 13.7. The van der Waals surface area contributed by atoms with E-state index in [1.165, 1.54) is 19.1 Å². The lowest BCUT2D eigenvalue weighted by atomic mass is 9.82. The van der Waals surface area contributed by atoms with E-state index in [1.807, 2.05) is 30.3 Å². The van der Waals surface area contributed by atoms with Gasteiger partial charge >= 0.3 is 6.09 Å². The first kappa shape index (κ1) is 26.5. The van der Waals surface area contributed by atoms with Crippen LogP contribution in [0.5, 0.6) is 0 Å². The molecule has 2 aliphatic heterocycles. The maximum Gasteiger partial charge on any atom is 0.407 e. The van der Waals surface area contributed by atoms with Crippen molar-refractivity contribution in [1.82, 2.24) is 15.5 Å². The standard InChI is InChI=1S/C27H28N4O7/c1-17(32)29-20-11-7-10-19-22(20)24(35)31(23(19)34)27(14-12-21(33)30-25(27)36)13-5-6-15-28-26(37)38-16-18-8-3-2-4-9-18/h2-4,7-11H,5-6,12-16H2,1H3,(H,28,37)(H,29,32)(H,30,33,36). The maximum atomic E-state index is 13.5. The molecule has 6 amide bonds. The molecule has 2 aromatic carbocycles. The second kappa shape index (κ2) is 11.2. The van der Waals surface area contributed by atoms with Gasteiger partial charge in [-0.2, -0.15) is 0 Å². The van der Waals surface area contributed by atoms with Crippen molar-refractivity contribution in [3.05, 3.63) is 65.2 Å². The number of nitrogens with zero attached hydrogens (tertiary/aromatic N) is 1. The van der Waals surface area contributed by atoms with Gasteiger partial charge < -0.3 is 15.4 Å². The Morgan fingerprint density at radius 2 is 1.76 bits per heavy atom. The van der Waals surface area contributed by atoms with Gasteiger partial charge in [-0.25, -0.2) is 4.79 Å². The Labute approximate surface area is 218 Å². The first-order valence-corrected chi connectivity index (χ1v) is 12.3. The molecule has 4 rings (SSSR count). The normalized spacial score (nSPS) is 18.6. The van der Waals surface area contributed by atoms with E-state index >= 15 is 0 Å². The number of imide groups is 2. The van der Waals surface area contributed by atoms with E-state index in [4.69, 9.17) is 4.74 Å². The Morgan fingerprint density at radius 1 is 1.00 bits per heavy atom. The smallest absolute Gasteiger partial charge is 0.407 e. The van der Waals surface area contributed by atoms with Crippen LogP contribution in [0.1, 0.15) is 65.3 Å². The fourth-order valence-electron chi connectivity index (χ4n) is 4.78. The first-order valence-electron chi connectivity index (χ1n) is 12.3. The summed E-state index contributed by atoms with van der Waals surface area (Å²) in [6.45, 7) is 1.66. The molecule has 0 spiro atoms. The summed E-state index contributed by atoms with van der Waals surface area (Å²) in [5.41, 5.74) is -0.461. The highest BCUT2D eigenvalue weighted by Gasteiger charge is 2.55. The largest absolute Gasteiger partial charge is 0.445 e. The molecular formula is C27H28N4O7. The van der Waals surface area contributed by atoms with Crippen molar-refractivity contribution in [2.24, 2.45) is 0 Å². The van der Waals surface area contributed by atoms with Crippen molar-refractivity contribution < 1.29 is 33.5 Å². The third-order valence-corrected chi connectivity index (χ3v) is 6.59. The molecule has 0 saturated carbocycles. The summed E-state index contributed by atoms with van der Waals surface area (Å²) in [5, 5.41) is 7.47. The Morgan fingerprint density at radius 3 is 2.47 bits per heavy atom. The van der Waals surface area contributed by atoms with Crippen LogP contribution >= 0.6 is 0 Å². The van der Waals surface area contributed by atoms with E-state index in [-0.39, 0.29) is 49.2 Å². The van der Waals surface area contributed by atoms with Crippen molar-refractivity contribution in [2.45, 2.75) is 51.2 Å². The molecule has 1 atom stereocenters. The highest BCUT2D eigenvalue weighted by atomic mass is 16.5. The van der Waals surface area contributed by atoms with E-state index in [0.717, 1.165) is 10.5 Å². The van der Waals surface area contributed by atoms with Gasteiger partial charge in [-0.3, -0.25) is 34.2 Å². The topological polar surface area (TPSA) is 151 Å². The lowest BCUT2D eigenvalue weighted by molar-refractivity contribution is -0.142. The van der Waals surface area contributed by atoms with Gasteiger partial charge in [-0.05, 0) is 43.4 Å². The predicted octanol–water partition coefficient (Wildman–Crippen LogP) is 2.51. The van der Waals surface area contributed by atoms with Crippen molar-refractivity contribution in [2.75, 3.05) is 11.9 Å². The number of hydrogen-bond acceptors (Lipinski definition) is 7. The highest BCUT2D eigenvalue weighted by Crippen LogP contribution is 2.39. The molecular weight excluding hydrogens is 492 g/mol. The molecule has 1 fully saturated rings. The second-order valence-electron chi connectivity index (χ2n) is 9.21. The number of nitrogens with one attached hydrogen (secondary N) is 3. The van der Waals surface area contributed by atoms with Crippen LogP contribution in [-0.4, -0.2) is 52.6 Å². The number of amides is 6. The quantitative estimate of drug-likeness (QED) is 0.339. The number of alkyl carbamates (subject to hydrolysis) is 1. The molecule has 0 aromatic heterocycles. The van der Waals surface area contributed by atoms with Gasteiger partial charge in [0.25, 0.3) is 17.7 Å². The van der Waals surface area contributed by atoms with Gasteiger partial charge in [-0.1, -0.05) is 36.4 Å². The number of hydrogen-bond donors (Lipinski definition) is 3. The molecule has 1 unspecified atom stereocenters. The Bertz CT molecular complexity index is 1290. The predicted molar refractivity (Wildman–Crippen MR) is 135 cm³/mol. The minimum atomic E-state index is -1.58. The minimum Gasteiger partial charge on any atom is -0.445 e. The number of anilines is 1. The van der Waals surface area contributed by atoms with E-state index in [0.29, 0.717) is 12.8 Å². The van der Waals surface area contributed by atoms with Gasteiger partial charge in [0.15, 0.2) is 0 Å². The number of fused-ring (bicyclic) bond motifs is 1. The molecule has 1 saturated heterocycles. The number of carbonyl (C=O) groups excluding carboxylic acids is 6. The summed E-state index contributed by atoms with van der Waals surface area (Å²) in [7, 11) is 0. The van der Waals surface area contributed by atoms with Crippen LogP contribution < -0.4 is 16.0 Å². The van der Waals surface area contributed by atoms with Gasteiger partial charge in [0, 0.05) is 19.9 Å². The minimum absolute atomic E-state index is 0.0135. The summed E-state index contributed by atoms with van der Waals surface area (Å²) >= 11 is 0. The zero-order chi connectivity index (χ0) is 27.3. The summed E-state index contributed by atoms with van der Waals surface area (Å²) in [5.74, 6) is -2.99. The van der Waals surface area contributed by atoms with Crippen LogP contribution in [0.3, 0.4) is 0 Å². The van der Waals surface area contributed by atoms with Crippen molar-refractivity contribution in [3.63, 3.8) is 0 Å². The van der Waals surface area contributed by atoms with Crippen LogP contribution in [0.2, 0.25) is 0 Å². The number of ether oxygens (including phenoxy) is 1. The van der Waals surface area contributed by atoms with E-state index in [1.54, 1.807) is 6.07 Å². The van der Waals surface area contributed by atoms with Gasteiger partial charge in [-0.15, -0.1) is 0 Å². The monoisotopic (exact) mass is 520 g/mol. The van der Waals surface area contributed by atoms with Gasteiger partial charge in [0.2, 0.25) is 11.8 Å². The van der Waals surface area contributed by atoms with Crippen LogP contribution in [-0.2, 0) is 25.7 Å². The third-order valence-electron chi connectivity index (χ3n) is 6.59. The first-order chi connectivity index (χ1) is 18.2. The molecule has 38 heavy (non-hydrogen) atoms. The van der Waals surface area contributed by atoms with E-state index in [2.05, 4.69) is 16.0 Å². The van der Waals surface area contributed by atoms with Crippen LogP contribution in [0.4, 0.5) is 10.5 Å². The Balaban J connectivity index is 1.43. The molecule has 11 nitrogen and oxygen atoms in total. The molecule has 0 radical (unpaired) electrons. The van der Waals surface area contributed by atoms with Crippen molar-refractivity contribution in [1.29, 1.82) is 0 Å². The Kier molecular flexibility index (Phi) is 7.85. The summed E-state index contributed by atoms with van der Waals surface area (Å²) < 4.78 is 5.18.